The van der Waals surface area contributed by atoms with Gasteiger partial charge in [-0.2, -0.15) is 0 Å². The highest BCUT2D eigenvalue weighted by atomic mass is 79.9. The number of carbonyl (C=O) groups is 2. The molecule has 0 aliphatic carbocycles. The first-order valence-electron chi connectivity index (χ1n) is 9.62. The number of piperazine rings is 1. The number of hydrogen-bond acceptors (Lipinski definition) is 6. The molecule has 152 valence electrons. The number of nitrogens with one attached hydrogen (secondary N) is 1. The van der Waals surface area contributed by atoms with Gasteiger partial charge in [0.1, 0.15) is 0 Å². The zero-order chi connectivity index (χ0) is 20.4. The predicted molar refractivity (Wildman–Crippen MR) is 115 cm³/mol. The summed E-state index contributed by atoms with van der Waals surface area (Å²) in [7, 11) is 2.10. The van der Waals surface area contributed by atoms with Crippen LogP contribution in [-0.4, -0.2) is 66.5 Å². The predicted octanol–water partition coefficient (Wildman–Crippen LogP) is 1.98. The molecular weight excluding hydrogens is 436 g/mol. The summed E-state index contributed by atoms with van der Waals surface area (Å²) in [6, 6.07) is 7.52. The molecule has 1 aromatic carbocycles. The first-order chi connectivity index (χ1) is 14.0. The molecule has 2 amide bonds. The maximum Gasteiger partial charge on any atom is 0.229 e. The number of halogens is 1. The van der Waals surface area contributed by atoms with Crippen LogP contribution < -0.4 is 15.1 Å². The zero-order valence-electron chi connectivity index (χ0n) is 16.2. The molecule has 0 saturated carbocycles. The Bertz CT molecular complexity index is 898. The Morgan fingerprint density at radius 2 is 1.90 bits per heavy atom. The molecule has 1 aromatic heterocycles. The number of benzene rings is 1. The molecule has 2 saturated heterocycles. The van der Waals surface area contributed by atoms with E-state index in [1.165, 1.54) is 0 Å². The number of nitrogens with zero attached hydrogens (tertiary/aromatic N) is 5. The third-order valence-electron chi connectivity index (χ3n) is 5.31. The number of hydrogen-bond donors (Lipinski definition) is 1. The second-order valence-corrected chi connectivity index (χ2v) is 8.35. The SMILES string of the molecule is CN1CCN(c2ncc(NC(=O)C3CC(=O)N(c4cccc(Br)c4)C3)cn2)CC1. The lowest BCUT2D eigenvalue weighted by Gasteiger charge is -2.32. The van der Waals surface area contributed by atoms with Crippen molar-refractivity contribution in [2.45, 2.75) is 6.42 Å². The Kier molecular flexibility index (Phi) is 5.77. The second-order valence-electron chi connectivity index (χ2n) is 7.44. The maximum atomic E-state index is 12.7. The molecule has 1 atom stereocenters. The standard InChI is InChI=1S/C20H23BrN6O2/c1-25-5-7-26(8-6-25)20-22-11-16(12-23-20)24-19(29)14-9-18(28)27(13-14)17-4-2-3-15(21)10-17/h2-4,10-12,14H,5-9,13H2,1H3,(H,24,29). The van der Waals surface area contributed by atoms with Gasteiger partial charge in [-0.25, -0.2) is 9.97 Å². The molecule has 2 aliphatic rings. The minimum Gasteiger partial charge on any atom is -0.338 e. The van der Waals surface area contributed by atoms with E-state index >= 15 is 0 Å². The second kappa shape index (κ2) is 8.46. The molecule has 0 bridgehead atoms. The molecule has 8 nitrogen and oxygen atoms in total. The van der Waals surface area contributed by atoms with Crippen molar-refractivity contribution in [3.05, 3.63) is 41.1 Å². The summed E-state index contributed by atoms with van der Waals surface area (Å²) < 4.78 is 0.897. The van der Waals surface area contributed by atoms with Gasteiger partial charge in [-0.1, -0.05) is 22.0 Å². The van der Waals surface area contributed by atoms with Crippen LogP contribution in [0.15, 0.2) is 41.1 Å². The van der Waals surface area contributed by atoms with E-state index in [1.54, 1.807) is 17.3 Å². The largest absolute Gasteiger partial charge is 0.338 e. The van der Waals surface area contributed by atoms with Crippen LogP contribution in [0.5, 0.6) is 0 Å². The maximum absolute atomic E-state index is 12.7. The molecular formula is C20H23BrN6O2. The van der Waals surface area contributed by atoms with Crippen molar-refractivity contribution >= 4 is 45.1 Å². The summed E-state index contributed by atoms with van der Waals surface area (Å²) in [6.07, 6.45) is 3.45. The van der Waals surface area contributed by atoms with E-state index in [0.717, 1.165) is 36.3 Å². The van der Waals surface area contributed by atoms with Crippen molar-refractivity contribution in [3.63, 3.8) is 0 Å². The van der Waals surface area contributed by atoms with Crippen molar-refractivity contribution in [1.82, 2.24) is 14.9 Å². The van der Waals surface area contributed by atoms with Gasteiger partial charge in [-0.15, -0.1) is 0 Å². The number of carbonyl (C=O) groups excluding carboxylic acids is 2. The first kappa shape index (κ1) is 19.8. The van der Waals surface area contributed by atoms with E-state index in [2.05, 4.69) is 48.1 Å². The van der Waals surface area contributed by atoms with Gasteiger partial charge >= 0.3 is 0 Å². The number of rotatable bonds is 4. The highest BCUT2D eigenvalue weighted by Crippen LogP contribution is 2.28. The van der Waals surface area contributed by atoms with E-state index in [9.17, 15) is 9.59 Å². The molecule has 2 aliphatic heterocycles. The fourth-order valence-corrected chi connectivity index (χ4v) is 3.96. The lowest BCUT2D eigenvalue weighted by Crippen LogP contribution is -2.45. The van der Waals surface area contributed by atoms with Crippen LogP contribution in [-0.2, 0) is 9.59 Å². The minimum absolute atomic E-state index is 0.0510. The lowest BCUT2D eigenvalue weighted by atomic mass is 10.1. The molecule has 0 spiro atoms. The average Bonchev–Trinajstić information content (AvgIpc) is 3.11. The van der Waals surface area contributed by atoms with Crippen LogP contribution in [0, 0.1) is 5.92 Å². The van der Waals surface area contributed by atoms with Gasteiger partial charge in [-0.05, 0) is 25.2 Å². The summed E-state index contributed by atoms with van der Waals surface area (Å²) in [5.41, 5.74) is 1.33. The van der Waals surface area contributed by atoms with Crippen LogP contribution >= 0.6 is 15.9 Å². The summed E-state index contributed by atoms with van der Waals surface area (Å²) in [5, 5.41) is 2.85. The molecule has 2 aromatic rings. The highest BCUT2D eigenvalue weighted by molar-refractivity contribution is 9.10. The van der Waals surface area contributed by atoms with Crippen LogP contribution in [0.1, 0.15) is 6.42 Å². The monoisotopic (exact) mass is 458 g/mol. The zero-order valence-corrected chi connectivity index (χ0v) is 17.8. The molecule has 4 rings (SSSR count). The van der Waals surface area contributed by atoms with Gasteiger partial charge in [0.15, 0.2) is 0 Å². The third-order valence-corrected chi connectivity index (χ3v) is 5.80. The molecule has 1 unspecified atom stereocenters. The smallest absolute Gasteiger partial charge is 0.229 e. The summed E-state index contributed by atoms with van der Waals surface area (Å²) in [5.74, 6) is 0.0310. The Morgan fingerprint density at radius 3 is 2.59 bits per heavy atom. The van der Waals surface area contributed by atoms with E-state index < -0.39 is 5.92 Å². The van der Waals surface area contributed by atoms with E-state index in [0.29, 0.717) is 18.2 Å². The van der Waals surface area contributed by atoms with E-state index in [4.69, 9.17) is 0 Å². The van der Waals surface area contributed by atoms with E-state index in [1.807, 2.05) is 24.3 Å². The highest BCUT2D eigenvalue weighted by Gasteiger charge is 2.35. The van der Waals surface area contributed by atoms with Crippen LogP contribution in [0.4, 0.5) is 17.3 Å². The van der Waals surface area contributed by atoms with Gasteiger partial charge in [-0.3, -0.25) is 9.59 Å². The van der Waals surface area contributed by atoms with Gasteiger partial charge in [0.2, 0.25) is 17.8 Å². The average molecular weight is 459 g/mol. The van der Waals surface area contributed by atoms with Crippen molar-refractivity contribution in [3.8, 4) is 0 Å². The van der Waals surface area contributed by atoms with Gasteiger partial charge < -0.3 is 20.0 Å². The number of amides is 2. The Labute approximate surface area is 178 Å². The fourth-order valence-electron chi connectivity index (χ4n) is 3.58. The van der Waals surface area contributed by atoms with Crippen LogP contribution in [0.2, 0.25) is 0 Å². The number of anilines is 3. The summed E-state index contributed by atoms with van der Waals surface area (Å²) >= 11 is 3.42. The third kappa shape index (κ3) is 4.56. The van der Waals surface area contributed by atoms with Crippen LogP contribution in [0.3, 0.4) is 0 Å². The number of aromatic nitrogens is 2. The van der Waals surface area contributed by atoms with E-state index in [-0.39, 0.29) is 18.2 Å². The summed E-state index contributed by atoms with van der Waals surface area (Å²) in [6.45, 7) is 4.09. The summed E-state index contributed by atoms with van der Waals surface area (Å²) in [4.78, 5) is 39.9. The topological polar surface area (TPSA) is 81.7 Å². The Balaban J connectivity index is 1.36. The molecule has 9 heteroatoms. The van der Waals surface area contributed by atoms with Crippen molar-refractivity contribution < 1.29 is 9.59 Å². The first-order valence-corrected chi connectivity index (χ1v) is 10.4. The fraction of sp³-hybridized carbons (Fsp3) is 0.400. The van der Waals surface area contributed by atoms with Crippen molar-refractivity contribution in [1.29, 1.82) is 0 Å². The molecule has 29 heavy (non-hydrogen) atoms. The van der Waals surface area contributed by atoms with Crippen LogP contribution in [0.25, 0.3) is 0 Å². The molecule has 2 fully saturated rings. The Hall–Kier alpha value is -2.52. The van der Waals surface area contributed by atoms with Gasteiger partial charge in [0.05, 0.1) is 24.0 Å². The van der Waals surface area contributed by atoms with Crippen molar-refractivity contribution in [2.24, 2.45) is 5.92 Å². The van der Waals surface area contributed by atoms with Gasteiger partial charge in [0, 0.05) is 49.3 Å². The minimum atomic E-state index is -0.404. The van der Waals surface area contributed by atoms with Gasteiger partial charge in [0.25, 0.3) is 0 Å². The lowest BCUT2D eigenvalue weighted by molar-refractivity contribution is -0.122. The molecule has 3 heterocycles. The Morgan fingerprint density at radius 1 is 1.17 bits per heavy atom. The normalized spacial score (nSPS) is 20.2. The van der Waals surface area contributed by atoms with Crippen molar-refractivity contribution in [2.75, 3.05) is 54.9 Å². The molecule has 1 N–H and O–H groups in total. The molecule has 0 radical (unpaired) electrons. The quantitative estimate of drug-likeness (QED) is 0.754. The number of likely N-dealkylation sites (N-methyl/N-ethyl adjacent to an activating group) is 1.